The molecule has 2 N–H and O–H groups in total. The number of rotatable bonds is 6. The van der Waals surface area contributed by atoms with E-state index in [-0.39, 0.29) is 87.2 Å². The number of likely N-dealkylation sites (tertiary alicyclic amines) is 1. The smallest absolute Gasteiger partial charge is 0.338 e. The normalized spacial score (nSPS) is 19.3. The standard InChI is InChI=1S/C24H26F5N5O2/c25-15-3-1-14(2-4-15)9-20-31-19-13-33(8-7-18(19)23(32-20)24(27,28)29)22(36)10-17(30)12-34-11-16(26)5-6-21(34)35/h1-4,16-17H,5-13,30H2/t16?,17-/m0/s1. The number of alkyl halides is 4. The molecule has 3 heterocycles. The van der Waals surface area contributed by atoms with E-state index < -0.39 is 29.9 Å². The van der Waals surface area contributed by atoms with Crippen molar-refractivity contribution in [1.29, 1.82) is 0 Å². The molecule has 1 aromatic carbocycles. The minimum atomic E-state index is -4.70. The summed E-state index contributed by atoms with van der Waals surface area (Å²) in [7, 11) is 0. The van der Waals surface area contributed by atoms with E-state index in [1.54, 1.807) is 0 Å². The summed E-state index contributed by atoms with van der Waals surface area (Å²) < 4.78 is 68.1. The van der Waals surface area contributed by atoms with Gasteiger partial charge in [-0.05, 0) is 30.5 Å². The lowest BCUT2D eigenvalue weighted by Crippen LogP contribution is -2.48. The van der Waals surface area contributed by atoms with Gasteiger partial charge in [0.15, 0.2) is 5.69 Å². The lowest BCUT2D eigenvalue weighted by atomic mass is 10.0. The number of amides is 2. The molecule has 2 aliphatic heterocycles. The van der Waals surface area contributed by atoms with Crippen molar-refractivity contribution in [3.05, 3.63) is 58.4 Å². The fourth-order valence-corrected chi connectivity index (χ4v) is 4.54. The predicted octanol–water partition coefficient (Wildman–Crippen LogP) is 2.79. The summed E-state index contributed by atoms with van der Waals surface area (Å²) in [6.45, 7) is -0.140. The SMILES string of the molecule is N[C@@H](CC(=O)N1CCc2c(nc(Cc3ccc(F)cc3)nc2C(F)(F)F)C1)CN1CC(F)CCC1=O. The summed E-state index contributed by atoms with van der Waals surface area (Å²) in [5, 5.41) is 0. The second kappa shape index (κ2) is 10.5. The maximum Gasteiger partial charge on any atom is 0.433 e. The van der Waals surface area contributed by atoms with Gasteiger partial charge < -0.3 is 15.5 Å². The van der Waals surface area contributed by atoms with Crippen LogP contribution in [0, 0.1) is 5.82 Å². The number of piperidine rings is 1. The number of nitrogens with zero attached hydrogens (tertiary/aromatic N) is 4. The van der Waals surface area contributed by atoms with Gasteiger partial charge in [-0.25, -0.2) is 18.7 Å². The fourth-order valence-electron chi connectivity index (χ4n) is 4.54. The second-order valence-electron chi connectivity index (χ2n) is 9.18. The molecule has 0 bridgehead atoms. The molecule has 1 aromatic heterocycles. The van der Waals surface area contributed by atoms with Gasteiger partial charge in [-0.1, -0.05) is 12.1 Å². The van der Waals surface area contributed by atoms with Crippen molar-refractivity contribution in [2.24, 2.45) is 5.73 Å². The van der Waals surface area contributed by atoms with Gasteiger partial charge in [0.25, 0.3) is 0 Å². The highest BCUT2D eigenvalue weighted by Crippen LogP contribution is 2.34. The van der Waals surface area contributed by atoms with Crippen LogP contribution in [0.1, 0.15) is 47.6 Å². The fraction of sp³-hybridized carbons (Fsp3) is 0.500. The Morgan fingerprint density at radius 2 is 1.89 bits per heavy atom. The summed E-state index contributed by atoms with van der Waals surface area (Å²) in [6, 6.07) is 4.56. The summed E-state index contributed by atoms with van der Waals surface area (Å²) in [5.74, 6) is -1.16. The van der Waals surface area contributed by atoms with Crippen LogP contribution < -0.4 is 5.73 Å². The molecule has 1 unspecified atom stereocenters. The van der Waals surface area contributed by atoms with E-state index in [9.17, 15) is 31.5 Å². The van der Waals surface area contributed by atoms with Crippen LogP contribution in [0.2, 0.25) is 0 Å². The summed E-state index contributed by atoms with van der Waals surface area (Å²) in [4.78, 5) is 35.6. The Morgan fingerprint density at radius 3 is 2.58 bits per heavy atom. The maximum atomic E-state index is 13.8. The Hall–Kier alpha value is -3.15. The molecule has 0 saturated carbocycles. The van der Waals surface area contributed by atoms with Gasteiger partial charge >= 0.3 is 6.18 Å². The van der Waals surface area contributed by atoms with Crippen LogP contribution >= 0.6 is 0 Å². The molecule has 1 fully saturated rings. The van der Waals surface area contributed by atoms with Crippen LogP contribution in [0.4, 0.5) is 22.0 Å². The first-order valence-electron chi connectivity index (χ1n) is 11.6. The van der Waals surface area contributed by atoms with Crippen molar-refractivity contribution in [2.45, 2.75) is 57.0 Å². The quantitative estimate of drug-likeness (QED) is 0.603. The Bertz CT molecular complexity index is 1130. The Labute approximate surface area is 204 Å². The van der Waals surface area contributed by atoms with Gasteiger partial charge in [-0.15, -0.1) is 0 Å². The predicted molar refractivity (Wildman–Crippen MR) is 119 cm³/mol. The van der Waals surface area contributed by atoms with Crippen LogP contribution in [-0.4, -0.2) is 63.4 Å². The zero-order valence-corrected chi connectivity index (χ0v) is 19.4. The van der Waals surface area contributed by atoms with E-state index in [2.05, 4.69) is 9.97 Å². The number of benzene rings is 1. The maximum absolute atomic E-state index is 13.8. The number of hydrogen-bond acceptors (Lipinski definition) is 5. The van der Waals surface area contributed by atoms with E-state index in [0.29, 0.717) is 5.56 Å². The molecule has 7 nitrogen and oxygen atoms in total. The average Bonchev–Trinajstić information content (AvgIpc) is 2.81. The third-order valence-electron chi connectivity index (χ3n) is 6.34. The molecule has 2 atom stereocenters. The Kier molecular flexibility index (Phi) is 7.53. The molecule has 4 rings (SSSR count). The molecule has 12 heteroatoms. The monoisotopic (exact) mass is 511 g/mol. The van der Waals surface area contributed by atoms with Crippen LogP contribution in [0.3, 0.4) is 0 Å². The van der Waals surface area contributed by atoms with Crippen molar-refractivity contribution in [3.8, 4) is 0 Å². The molecule has 0 aliphatic carbocycles. The first kappa shape index (κ1) is 25.9. The summed E-state index contributed by atoms with van der Waals surface area (Å²) in [6.07, 6.45) is -5.82. The van der Waals surface area contributed by atoms with Crippen LogP contribution in [-0.2, 0) is 35.2 Å². The van der Waals surface area contributed by atoms with Crippen LogP contribution in [0.25, 0.3) is 0 Å². The van der Waals surface area contributed by atoms with Crippen LogP contribution in [0.15, 0.2) is 24.3 Å². The molecule has 0 radical (unpaired) electrons. The highest BCUT2D eigenvalue weighted by atomic mass is 19.4. The van der Waals surface area contributed by atoms with E-state index >= 15 is 0 Å². The second-order valence-corrected chi connectivity index (χ2v) is 9.18. The van der Waals surface area contributed by atoms with Crippen molar-refractivity contribution in [3.63, 3.8) is 0 Å². The average molecular weight is 511 g/mol. The molecule has 1 saturated heterocycles. The summed E-state index contributed by atoms with van der Waals surface area (Å²) in [5.41, 5.74) is 5.62. The zero-order chi connectivity index (χ0) is 26.0. The highest BCUT2D eigenvalue weighted by molar-refractivity contribution is 5.78. The lowest BCUT2D eigenvalue weighted by molar-refractivity contribution is -0.142. The first-order chi connectivity index (χ1) is 17.0. The Balaban J connectivity index is 1.47. The van der Waals surface area contributed by atoms with Crippen molar-refractivity contribution in [2.75, 3.05) is 19.6 Å². The van der Waals surface area contributed by atoms with Crippen molar-refractivity contribution < 1.29 is 31.5 Å². The lowest BCUT2D eigenvalue weighted by Gasteiger charge is -2.33. The molecule has 0 spiro atoms. The minimum absolute atomic E-state index is 0.0254. The van der Waals surface area contributed by atoms with E-state index in [1.165, 1.54) is 34.1 Å². The minimum Gasteiger partial charge on any atom is -0.338 e. The number of carbonyl (C=O) groups is 2. The largest absolute Gasteiger partial charge is 0.433 e. The van der Waals surface area contributed by atoms with E-state index in [0.717, 1.165) is 0 Å². The molecule has 2 amide bonds. The third kappa shape index (κ3) is 6.15. The van der Waals surface area contributed by atoms with Gasteiger partial charge in [0.2, 0.25) is 11.8 Å². The highest BCUT2D eigenvalue weighted by Gasteiger charge is 2.39. The van der Waals surface area contributed by atoms with E-state index in [1.807, 2.05) is 0 Å². The molecule has 194 valence electrons. The number of fused-ring (bicyclic) bond motifs is 1. The van der Waals surface area contributed by atoms with Gasteiger partial charge in [-0.3, -0.25) is 9.59 Å². The van der Waals surface area contributed by atoms with Gasteiger partial charge in [-0.2, -0.15) is 13.2 Å². The van der Waals surface area contributed by atoms with Gasteiger partial charge in [0.05, 0.1) is 18.8 Å². The molecular weight excluding hydrogens is 485 g/mol. The topological polar surface area (TPSA) is 92.4 Å². The first-order valence-corrected chi connectivity index (χ1v) is 11.6. The number of carbonyl (C=O) groups excluding carboxylic acids is 2. The van der Waals surface area contributed by atoms with Gasteiger partial charge in [0, 0.05) is 44.0 Å². The molecule has 36 heavy (non-hydrogen) atoms. The van der Waals surface area contributed by atoms with Crippen molar-refractivity contribution in [1.82, 2.24) is 19.8 Å². The molecular formula is C24H26F5N5O2. The number of hydrogen-bond donors (Lipinski definition) is 1. The number of aromatic nitrogens is 2. The number of halogens is 5. The van der Waals surface area contributed by atoms with Crippen molar-refractivity contribution >= 4 is 11.8 Å². The van der Waals surface area contributed by atoms with E-state index in [4.69, 9.17) is 5.73 Å². The van der Waals surface area contributed by atoms with Gasteiger partial charge in [0.1, 0.15) is 17.8 Å². The summed E-state index contributed by atoms with van der Waals surface area (Å²) >= 11 is 0. The third-order valence-corrected chi connectivity index (χ3v) is 6.34. The zero-order valence-electron chi connectivity index (χ0n) is 19.4. The molecule has 2 aliphatic rings. The molecule has 2 aromatic rings. The van der Waals surface area contributed by atoms with Crippen LogP contribution in [0.5, 0.6) is 0 Å². The Morgan fingerprint density at radius 1 is 1.17 bits per heavy atom. The number of nitrogens with two attached hydrogens (primary N) is 1.